The summed E-state index contributed by atoms with van der Waals surface area (Å²) in [5.41, 5.74) is 0.451. The van der Waals surface area contributed by atoms with Crippen LogP contribution in [0.3, 0.4) is 0 Å². The Bertz CT molecular complexity index is 514. The van der Waals surface area contributed by atoms with E-state index in [1.165, 1.54) is 12.1 Å². The van der Waals surface area contributed by atoms with Crippen LogP contribution in [0.4, 0.5) is 10.1 Å². The van der Waals surface area contributed by atoms with Gasteiger partial charge in [0.15, 0.2) is 0 Å². The first-order valence-electron chi connectivity index (χ1n) is 6.59. The van der Waals surface area contributed by atoms with Gasteiger partial charge in [-0.25, -0.2) is 4.39 Å². The van der Waals surface area contributed by atoms with Crippen LogP contribution >= 0.6 is 0 Å². The number of nitrogens with zero attached hydrogens (tertiary/aromatic N) is 2. The minimum absolute atomic E-state index is 0.175. The summed E-state index contributed by atoms with van der Waals surface area (Å²) in [5, 5.41) is 14.8. The Morgan fingerprint density at radius 1 is 1.60 bits per heavy atom. The lowest BCUT2D eigenvalue weighted by Gasteiger charge is -2.31. The fraction of sp³-hybridized carbons (Fsp3) is 0.429. The van der Waals surface area contributed by atoms with Crippen molar-refractivity contribution in [3.05, 3.63) is 30.1 Å². The van der Waals surface area contributed by atoms with Gasteiger partial charge >= 0.3 is 0 Å². The van der Waals surface area contributed by atoms with Gasteiger partial charge in [-0.2, -0.15) is 5.26 Å². The van der Waals surface area contributed by atoms with E-state index in [0.29, 0.717) is 18.8 Å². The summed E-state index contributed by atoms with van der Waals surface area (Å²) in [4.78, 5) is 13.8. The van der Waals surface area contributed by atoms with Crippen LogP contribution in [0.25, 0.3) is 0 Å². The van der Waals surface area contributed by atoms with Gasteiger partial charge in [-0.1, -0.05) is 6.07 Å². The molecule has 1 fully saturated rings. The highest BCUT2D eigenvalue weighted by Gasteiger charge is 2.21. The fourth-order valence-electron chi connectivity index (χ4n) is 2.18. The van der Waals surface area contributed by atoms with Crippen molar-refractivity contribution in [1.82, 2.24) is 10.2 Å². The quantitative estimate of drug-likeness (QED) is 0.859. The standard InChI is InChI=1S/C14H17FN4O/c15-11-2-1-3-12(8-11)18-14(20)4-6-19-7-5-17-10-13(19)9-16/h1-3,8,13,17H,4-7,10H2,(H,18,20). The predicted molar refractivity (Wildman–Crippen MR) is 73.5 cm³/mol. The molecule has 0 spiro atoms. The highest BCUT2D eigenvalue weighted by Crippen LogP contribution is 2.10. The number of amides is 1. The molecule has 0 bridgehead atoms. The van der Waals surface area contributed by atoms with E-state index in [0.717, 1.165) is 13.1 Å². The maximum atomic E-state index is 13.0. The van der Waals surface area contributed by atoms with Crippen LogP contribution < -0.4 is 10.6 Å². The molecule has 0 radical (unpaired) electrons. The molecule has 1 heterocycles. The second kappa shape index (κ2) is 6.98. The van der Waals surface area contributed by atoms with E-state index in [4.69, 9.17) is 5.26 Å². The molecule has 0 aromatic heterocycles. The average Bonchev–Trinajstić information content (AvgIpc) is 2.45. The van der Waals surface area contributed by atoms with Crippen molar-refractivity contribution in [3.8, 4) is 6.07 Å². The second-order valence-electron chi connectivity index (χ2n) is 4.69. The number of hydrogen-bond donors (Lipinski definition) is 2. The lowest BCUT2D eigenvalue weighted by molar-refractivity contribution is -0.116. The summed E-state index contributed by atoms with van der Waals surface area (Å²) < 4.78 is 13.0. The van der Waals surface area contributed by atoms with Crippen molar-refractivity contribution in [2.45, 2.75) is 12.5 Å². The maximum absolute atomic E-state index is 13.0. The Hall–Kier alpha value is -1.97. The minimum atomic E-state index is -0.380. The molecule has 2 N–H and O–H groups in total. The number of benzene rings is 1. The third kappa shape index (κ3) is 4.02. The Balaban J connectivity index is 1.81. The maximum Gasteiger partial charge on any atom is 0.225 e. The van der Waals surface area contributed by atoms with E-state index in [1.807, 2.05) is 4.90 Å². The van der Waals surface area contributed by atoms with E-state index in [2.05, 4.69) is 16.7 Å². The number of carbonyl (C=O) groups excluding carboxylic acids is 1. The van der Waals surface area contributed by atoms with Crippen molar-refractivity contribution in [1.29, 1.82) is 5.26 Å². The number of piperazine rings is 1. The second-order valence-corrected chi connectivity index (χ2v) is 4.69. The predicted octanol–water partition coefficient (Wildman–Crippen LogP) is 0.952. The first kappa shape index (κ1) is 14.4. The first-order valence-corrected chi connectivity index (χ1v) is 6.59. The lowest BCUT2D eigenvalue weighted by Crippen LogP contribution is -2.51. The SMILES string of the molecule is N#CC1CNCCN1CCC(=O)Nc1cccc(F)c1. The smallest absolute Gasteiger partial charge is 0.225 e. The Labute approximate surface area is 117 Å². The number of hydrogen-bond acceptors (Lipinski definition) is 4. The molecule has 1 amide bonds. The summed E-state index contributed by atoms with van der Waals surface area (Å²) >= 11 is 0. The molecule has 106 valence electrons. The third-order valence-electron chi connectivity index (χ3n) is 3.24. The number of nitriles is 1. The molecule has 1 aromatic rings. The molecule has 0 saturated carbocycles. The van der Waals surface area contributed by atoms with Gasteiger partial charge < -0.3 is 10.6 Å². The van der Waals surface area contributed by atoms with Gasteiger partial charge in [0.25, 0.3) is 0 Å². The molecule has 6 heteroatoms. The summed E-state index contributed by atoms with van der Waals surface area (Å²) in [6.07, 6.45) is 0.286. The summed E-state index contributed by atoms with van der Waals surface area (Å²) in [6, 6.07) is 7.83. The number of halogens is 1. The Kier molecular flexibility index (Phi) is 5.04. The number of carbonyl (C=O) groups is 1. The zero-order valence-electron chi connectivity index (χ0n) is 11.1. The molecule has 1 aromatic carbocycles. The van der Waals surface area contributed by atoms with Gasteiger partial charge in [0.1, 0.15) is 11.9 Å². The van der Waals surface area contributed by atoms with Gasteiger partial charge in [-0.05, 0) is 18.2 Å². The molecule has 1 aliphatic rings. The van der Waals surface area contributed by atoms with Crippen LogP contribution in [0.15, 0.2) is 24.3 Å². The minimum Gasteiger partial charge on any atom is -0.326 e. The van der Waals surface area contributed by atoms with Crippen LogP contribution in [-0.2, 0) is 4.79 Å². The van der Waals surface area contributed by atoms with Crippen molar-refractivity contribution in [3.63, 3.8) is 0 Å². The first-order chi connectivity index (χ1) is 9.69. The van der Waals surface area contributed by atoms with Gasteiger partial charge in [0.2, 0.25) is 5.91 Å². The third-order valence-corrected chi connectivity index (χ3v) is 3.24. The van der Waals surface area contributed by atoms with Crippen molar-refractivity contribution in [2.75, 3.05) is 31.5 Å². The topological polar surface area (TPSA) is 68.2 Å². The fourth-order valence-corrected chi connectivity index (χ4v) is 2.18. The van der Waals surface area contributed by atoms with Gasteiger partial charge in [0, 0.05) is 38.3 Å². The summed E-state index contributed by atoms with van der Waals surface area (Å²) in [6.45, 7) is 2.73. The van der Waals surface area contributed by atoms with E-state index >= 15 is 0 Å². The van der Waals surface area contributed by atoms with Gasteiger partial charge in [-0.3, -0.25) is 9.69 Å². The zero-order valence-corrected chi connectivity index (χ0v) is 11.1. The number of nitrogens with one attached hydrogen (secondary N) is 2. The van der Waals surface area contributed by atoms with Crippen molar-refractivity contribution in [2.24, 2.45) is 0 Å². The monoisotopic (exact) mass is 276 g/mol. The molecular weight excluding hydrogens is 259 g/mol. The molecule has 1 atom stereocenters. The number of anilines is 1. The molecule has 2 rings (SSSR count). The van der Waals surface area contributed by atoms with Crippen molar-refractivity contribution < 1.29 is 9.18 Å². The molecular formula is C14H17FN4O. The number of rotatable bonds is 4. The average molecular weight is 276 g/mol. The largest absolute Gasteiger partial charge is 0.326 e. The van der Waals surface area contributed by atoms with E-state index < -0.39 is 0 Å². The summed E-state index contributed by atoms with van der Waals surface area (Å²) in [7, 11) is 0. The molecule has 5 nitrogen and oxygen atoms in total. The normalized spacial score (nSPS) is 19.3. The zero-order chi connectivity index (χ0) is 14.4. The van der Waals surface area contributed by atoms with Crippen LogP contribution in [0, 0.1) is 17.1 Å². The van der Waals surface area contributed by atoms with E-state index in [1.54, 1.807) is 12.1 Å². The van der Waals surface area contributed by atoms with E-state index in [9.17, 15) is 9.18 Å². The Morgan fingerprint density at radius 2 is 2.45 bits per heavy atom. The molecule has 1 aliphatic heterocycles. The molecule has 1 unspecified atom stereocenters. The van der Waals surface area contributed by atoms with Crippen LogP contribution in [-0.4, -0.2) is 43.0 Å². The van der Waals surface area contributed by atoms with Crippen molar-refractivity contribution >= 4 is 11.6 Å². The van der Waals surface area contributed by atoms with Crippen LogP contribution in [0.2, 0.25) is 0 Å². The Morgan fingerprint density at radius 3 is 3.20 bits per heavy atom. The molecule has 1 saturated heterocycles. The van der Waals surface area contributed by atoms with Gasteiger partial charge in [0.05, 0.1) is 6.07 Å². The van der Waals surface area contributed by atoms with Crippen LogP contribution in [0.1, 0.15) is 6.42 Å². The van der Waals surface area contributed by atoms with Crippen LogP contribution in [0.5, 0.6) is 0 Å². The molecule has 20 heavy (non-hydrogen) atoms. The summed E-state index contributed by atoms with van der Waals surface area (Å²) in [5.74, 6) is -0.555. The van der Waals surface area contributed by atoms with E-state index in [-0.39, 0.29) is 24.2 Å². The van der Waals surface area contributed by atoms with Gasteiger partial charge in [-0.15, -0.1) is 0 Å². The highest BCUT2D eigenvalue weighted by molar-refractivity contribution is 5.90. The highest BCUT2D eigenvalue weighted by atomic mass is 19.1. The lowest BCUT2D eigenvalue weighted by atomic mass is 10.2. The molecule has 0 aliphatic carbocycles.